The van der Waals surface area contributed by atoms with E-state index in [1.54, 1.807) is 30.3 Å². The summed E-state index contributed by atoms with van der Waals surface area (Å²) in [4.78, 5) is 26.7. The summed E-state index contributed by atoms with van der Waals surface area (Å²) >= 11 is 7.40. The van der Waals surface area contributed by atoms with Crippen LogP contribution in [0.1, 0.15) is 34.5 Å². The number of rotatable bonds is 4. The van der Waals surface area contributed by atoms with Crippen molar-refractivity contribution in [1.82, 2.24) is 5.32 Å². The molecular weight excluding hydrogens is 416 g/mol. The van der Waals surface area contributed by atoms with Gasteiger partial charge in [-0.15, -0.1) is 0 Å². The molecule has 6 heteroatoms. The van der Waals surface area contributed by atoms with Gasteiger partial charge in [-0.1, -0.05) is 65.8 Å². The summed E-state index contributed by atoms with van der Waals surface area (Å²) in [5.41, 5.74) is 3.02. The summed E-state index contributed by atoms with van der Waals surface area (Å²) in [7, 11) is 0. The predicted octanol–water partition coefficient (Wildman–Crippen LogP) is 5.92. The molecule has 150 valence electrons. The third-order valence-electron chi connectivity index (χ3n) is 4.73. The molecule has 30 heavy (non-hydrogen) atoms. The average Bonchev–Trinajstić information content (AvgIpc) is 2.74. The number of anilines is 1. The Bertz CT molecular complexity index is 1140. The van der Waals surface area contributed by atoms with Crippen molar-refractivity contribution in [2.45, 2.75) is 17.9 Å². The molecule has 0 spiro atoms. The minimum absolute atomic E-state index is 0.120. The molecule has 1 aliphatic heterocycles. The van der Waals surface area contributed by atoms with E-state index in [0.29, 0.717) is 21.2 Å². The number of benzene rings is 3. The van der Waals surface area contributed by atoms with Crippen LogP contribution in [0.15, 0.2) is 82.6 Å². The van der Waals surface area contributed by atoms with E-state index in [2.05, 4.69) is 10.6 Å². The summed E-state index contributed by atoms with van der Waals surface area (Å²) in [5.74, 6) is -0.392. The van der Waals surface area contributed by atoms with E-state index >= 15 is 0 Å². The van der Waals surface area contributed by atoms with Crippen LogP contribution >= 0.6 is 23.4 Å². The summed E-state index contributed by atoms with van der Waals surface area (Å²) in [6, 6.07) is 22.3. The Hall–Kier alpha value is -3.02. The van der Waals surface area contributed by atoms with Crippen LogP contribution in [0.3, 0.4) is 0 Å². The lowest BCUT2D eigenvalue weighted by Crippen LogP contribution is -2.27. The van der Waals surface area contributed by atoms with Gasteiger partial charge >= 0.3 is 0 Å². The van der Waals surface area contributed by atoms with Crippen LogP contribution in [-0.2, 0) is 4.79 Å². The SMILES string of the molecule is CC(NC(=O)c1ccc2c(c1)NC(=O)/C(=C\c1cccc(Cl)c1)S2)c1ccccc1. The number of fused-ring (bicyclic) bond motifs is 1. The molecule has 0 aliphatic carbocycles. The number of carbonyl (C=O) groups is 2. The molecule has 3 aromatic carbocycles. The van der Waals surface area contributed by atoms with E-state index in [1.807, 2.05) is 55.5 Å². The number of nitrogens with one attached hydrogen (secondary N) is 2. The highest BCUT2D eigenvalue weighted by molar-refractivity contribution is 8.04. The molecule has 4 rings (SSSR count). The quantitative estimate of drug-likeness (QED) is 0.501. The van der Waals surface area contributed by atoms with Crippen LogP contribution in [0.25, 0.3) is 6.08 Å². The van der Waals surface area contributed by atoms with Crippen LogP contribution in [0, 0.1) is 0 Å². The lowest BCUT2D eigenvalue weighted by molar-refractivity contribution is -0.112. The number of thioether (sulfide) groups is 1. The molecule has 2 N–H and O–H groups in total. The first-order valence-corrected chi connectivity index (χ1v) is 10.7. The molecule has 1 aliphatic rings. The minimum atomic E-state index is -0.206. The Morgan fingerprint density at radius 3 is 2.63 bits per heavy atom. The van der Waals surface area contributed by atoms with E-state index in [0.717, 1.165) is 16.0 Å². The smallest absolute Gasteiger partial charge is 0.262 e. The third kappa shape index (κ3) is 4.58. The molecule has 0 fully saturated rings. The molecule has 0 saturated carbocycles. The standard InChI is InChI=1S/C24H19ClN2O2S/c1-15(17-7-3-2-4-8-17)26-23(28)18-10-11-21-20(14-18)27-24(29)22(30-21)13-16-6-5-9-19(25)12-16/h2-15H,1H3,(H,26,28)(H,27,29)/b22-13+. The second-order valence-electron chi connectivity index (χ2n) is 6.94. The Morgan fingerprint density at radius 2 is 1.87 bits per heavy atom. The minimum Gasteiger partial charge on any atom is -0.346 e. The van der Waals surface area contributed by atoms with Crippen molar-refractivity contribution >= 4 is 46.9 Å². The van der Waals surface area contributed by atoms with Crippen LogP contribution in [0.4, 0.5) is 5.69 Å². The summed E-state index contributed by atoms with van der Waals surface area (Å²) in [6.45, 7) is 1.94. The van der Waals surface area contributed by atoms with Gasteiger partial charge in [0.05, 0.1) is 16.6 Å². The third-order valence-corrected chi connectivity index (χ3v) is 6.06. The number of carbonyl (C=O) groups excluding carboxylic acids is 2. The first-order chi connectivity index (χ1) is 14.5. The normalized spacial score (nSPS) is 15.3. The number of halogens is 1. The van der Waals surface area contributed by atoms with E-state index in [-0.39, 0.29) is 17.9 Å². The first kappa shape index (κ1) is 20.3. The number of hydrogen-bond donors (Lipinski definition) is 2. The highest BCUT2D eigenvalue weighted by Gasteiger charge is 2.22. The van der Waals surface area contributed by atoms with Gasteiger partial charge in [0.15, 0.2) is 0 Å². The second kappa shape index (κ2) is 8.78. The number of hydrogen-bond acceptors (Lipinski definition) is 3. The molecular formula is C24H19ClN2O2S. The predicted molar refractivity (Wildman–Crippen MR) is 123 cm³/mol. The van der Waals surface area contributed by atoms with Crippen molar-refractivity contribution in [3.63, 3.8) is 0 Å². The van der Waals surface area contributed by atoms with Crippen molar-refractivity contribution < 1.29 is 9.59 Å². The van der Waals surface area contributed by atoms with Gasteiger partial charge in [-0.2, -0.15) is 0 Å². The molecule has 0 radical (unpaired) electrons. The molecule has 1 heterocycles. The Labute approximate surface area is 184 Å². The van der Waals surface area contributed by atoms with Gasteiger partial charge in [0.2, 0.25) is 0 Å². The molecule has 0 bridgehead atoms. The number of amides is 2. The second-order valence-corrected chi connectivity index (χ2v) is 8.46. The Morgan fingerprint density at radius 1 is 1.07 bits per heavy atom. The fraction of sp³-hybridized carbons (Fsp3) is 0.0833. The zero-order valence-electron chi connectivity index (χ0n) is 16.2. The highest BCUT2D eigenvalue weighted by Crippen LogP contribution is 2.39. The van der Waals surface area contributed by atoms with Crippen LogP contribution in [-0.4, -0.2) is 11.8 Å². The van der Waals surface area contributed by atoms with Crippen molar-refractivity contribution in [2.24, 2.45) is 0 Å². The van der Waals surface area contributed by atoms with Gasteiger partial charge in [0.25, 0.3) is 11.8 Å². The Balaban J connectivity index is 1.51. The van der Waals surface area contributed by atoms with E-state index in [9.17, 15) is 9.59 Å². The molecule has 0 saturated heterocycles. The molecule has 1 atom stereocenters. The maximum absolute atomic E-state index is 12.7. The fourth-order valence-electron chi connectivity index (χ4n) is 3.15. The molecule has 3 aromatic rings. The lowest BCUT2D eigenvalue weighted by Gasteiger charge is -2.20. The van der Waals surface area contributed by atoms with Crippen molar-refractivity contribution in [1.29, 1.82) is 0 Å². The molecule has 1 unspecified atom stereocenters. The lowest BCUT2D eigenvalue weighted by atomic mass is 10.1. The molecule has 2 amide bonds. The van der Waals surface area contributed by atoms with E-state index < -0.39 is 0 Å². The Kier molecular flexibility index (Phi) is 5.93. The van der Waals surface area contributed by atoms with Crippen LogP contribution in [0.2, 0.25) is 5.02 Å². The maximum atomic E-state index is 12.7. The average molecular weight is 435 g/mol. The monoisotopic (exact) mass is 434 g/mol. The summed E-state index contributed by atoms with van der Waals surface area (Å²) in [6.07, 6.45) is 1.80. The van der Waals surface area contributed by atoms with E-state index in [1.165, 1.54) is 11.8 Å². The zero-order valence-corrected chi connectivity index (χ0v) is 17.8. The fourth-order valence-corrected chi connectivity index (χ4v) is 4.28. The van der Waals surface area contributed by atoms with E-state index in [4.69, 9.17) is 11.6 Å². The highest BCUT2D eigenvalue weighted by atomic mass is 35.5. The van der Waals surface area contributed by atoms with Crippen molar-refractivity contribution in [3.05, 3.63) is 99.4 Å². The van der Waals surface area contributed by atoms with Gasteiger partial charge in [-0.25, -0.2) is 0 Å². The first-order valence-electron chi connectivity index (χ1n) is 9.46. The largest absolute Gasteiger partial charge is 0.346 e. The van der Waals surface area contributed by atoms with Crippen molar-refractivity contribution in [3.8, 4) is 0 Å². The van der Waals surface area contributed by atoms with Crippen LogP contribution in [0.5, 0.6) is 0 Å². The van der Waals surface area contributed by atoms with Gasteiger partial charge in [-0.3, -0.25) is 9.59 Å². The van der Waals surface area contributed by atoms with Gasteiger partial charge in [0, 0.05) is 15.5 Å². The zero-order chi connectivity index (χ0) is 21.1. The van der Waals surface area contributed by atoms with Gasteiger partial charge in [-0.05, 0) is 54.5 Å². The van der Waals surface area contributed by atoms with Crippen LogP contribution < -0.4 is 10.6 Å². The van der Waals surface area contributed by atoms with Gasteiger partial charge < -0.3 is 10.6 Å². The summed E-state index contributed by atoms with van der Waals surface area (Å²) < 4.78 is 0. The van der Waals surface area contributed by atoms with Gasteiger partial charge in [0.1, 0.15) is 0 Å². The van der Waals surface area contributed by atoms with Crippen molar-refractivity contribution in [2.75, 3.05) is 5.32 Å². The molecule has 4 nitrogen and oxygen atoms in total. The topological polar surface area (TPSA) is 58.2 Å². The summed E-state index contributed by atoms with van der Waals surface area (Å²) in [5, 5.41) is 6.50. The molecule has 0 aromatic heterocycles. The maximum Gasteiger partial charge on any atom is 0.262 e.